The molecule has 17 heavy (non-hydrogen) atoms. The van der Waals surface area contributed by atoms with Gasteiger partial charge >= 0.3 is 10.1 Å². The Morgan fingerprint density at radius 1 is 1.41 bits per heavy atom. The van der Waals surface area contributed by atoms with Gasteiger partial charge in [-0.2, -0.15) is 8.42 Å². The van der Waals surface area contributed by atoms with Crippen molar-refractivity contribution in [2.24, 2.45) is 0 Å². The summed E-state index contributed by atoms with van der Waals surface area (Å²) in [6, 6.07) is 4.79. The first-order chi connectivity index (χ1) is 7.82. The van der Waals surface area contributed by atoms with Gasteiger partial charge in [0.25, 0.3) is 5.16 Å². The van der Waals surface area contributed by atoms with Crippen LogP contribution in [0, 0.1) is 0 Å². The molecule has 5 nitrogen and oxygen atoms in total. The molecule has 0 aliphatic rings. The molecule has 0 aliphatic carbocycles. The number of benzene rings is 1. The van der Waals surface area contributed by atoms with Crippen LogP contribution in [-0.4, -0.2) is 22.5 Å². The van der Waals surface area contributed by atoms with Crippen LogP contribution in [0.25, 0.3) is 11.0 Å². The Morgan fingerprint density at radius 2 is 2.06 bits per heavy atom. The predicted octanol–water partition coefficient (Wildman–Crippen LogP) is 2.52. The van der Waals surface area contributed by atoms with E-state index in [2.05, 4.69) is 4.98 Å². The van der Waals surface area contributed by atoms with Crippen LogP contribution in [0.1, 0.15) is 19.9 Å². The third-order valence-corrected chi connectivity index (χ3v) is 3.43. The van der Waals surface area contributed by atoms with E-state index in [9.17, 15) is 8.42 Å². The first kappa shape index (κ1) is 12.3. The van der Waals surface area contributed by atoms with Crippen LogP contribution >= 0.6 is 11.6 Å². The molecule has 0 fully saturated rings. The molecule has 0 spiro atoms. The Balaban J connectivity index is 2.97. The summed E-state index contributed by atoms with van der Waals surface area (Å²) in [5.41, 5.74) is 0.954. The van der Waals surface area contributed by atoms with Gasteiger partial charge in [-0.3, -0.25) is 4.55 Å². The number of hydrogen-bond donors (Lipinski definition) is 1. The molecule has 1 aromatic carbocycles. The van der Waals surface area contributed by atoms with E-state index in [0.717, 1.165) is 0 Å². The fourth-order valence-electron chi connectivity index (χ4n) is 1.75. The monoisotopic (exact) mass is 274 g/mol. The van der Waals surface area contributed by atoms with E-state index < -0.39 is 10.1 Å². The lowest BCUT2D eigenvalue weighted by molar-refractivity contribution is 0.454. The minimum absolute atomic E-state index is 0.183. The fraction of sp³-hybridized carbons (Fsp3) is 0.300. The summed E-state index contributed by atoms with van der Waals surface area (Å²) in [6.07, 6.45) is 0. The molecule has 0 aliphatic heterocycles. The van der Waals surface area contributed by atoms with Crippen LogP contribution in [0.2, 0.25) is 5.02 Å². The van der Waals surface area contributed by atoms with E-state index in [1.54, 1.807) is 32.0 Å². The summed E-state index contributed by atoms with van der Waals surface area (Å²) in [5, 5.41) is 0.0224. The molecule has 1 N–H and O–H groups in total. The van der Waals surface area contributed by atoms with E-state index >= 15 is 0 Å². The van der Waals surface area contributed by atoms with Crippen LogP contribution < -0.4 is 0 Å². The first-order valence-electron chi connectivity index (χ1n) is 4.96. The fourth-order valence-corrected chi connectivity index (χ4v) is 2.77. The summed E-state index contributed by atoms with van der Waals surface area (Å²) < 4.78 is 33.1. The second kappa shape index (κ2) is 3.97. The zero-order valence-electron chi connectivity index (χ0n) is 9.25. The van der Waals surface area contributed by atoms with Gasteiger partial charge in [-0.1, -0.05) is 17.7 Å². The van der Waals surface area contributed by atoms with Crippen molar-refractivity contribution < 1.29 is 13.0 Å². The van der Waals surface area contributed by atoms with Gasteiger partial charge in [-0.25, -0.2) is 4.98 Å². The van der Waals surface area contributed by atoms with Crippen LogP contribution in [0.4, 0.5) is 0 Å². The van der Waals surface area contributed by atoms with Crippen molar-refractivity contribution in [3.05, 3.63) is 23.2 Å². The number of hydrogen-bond acceptors (Lipinski definition) is 3. The molecule has 0 unspecified atom stereocenters. The number of fused-ring (bicyclic) bond motifs is 1. The van der Waals surface area contributed by atoms with Crippen molar-refractivity contribution >= 4 is 32.8 Å². The molecule has 0 radical (unpaired) electrons. The van der Waals surface area contributed by atoms with Gasteiger partial charge in [0, 0.05) is 6.04 Å². The maximum atomic E-state index is 11.3. The SMILES string of the molecule is CC(C)n1c(S(=O)(=O)O)nc2cccc(Cl)c21. The van der Waals surface area contributed by atoms with Gasteiger partial charge in [0.1, 0.15) is 0 Å². The molecule has 0 amide bonds. The van der Waals surface area contributed by atoms with Gasteiger partial charge in [-0.15, -0.1) is 0 Å². The predicted molar refractivity (Wildman–Crippen MR) is 64.9 cm³/mol. The zero-order valence-corrected chi connectivity index (χ0v) is 10.8. The van der Waals surface area contributed by atoms with Crippen molar-refractivity contribution in [1.82, 2.24) is 9.55 Å². The van der Waals surface area contributed by atoms with Crippen molar-refractivity contribution in [2.75, 3.05) is 0 Å². The standard InChI is InChI=1S/C10H11ClN2O3S/c1-6(2)13-9-7(11)4-3-5-8(9)12-10(13)17(14,15)16/h3-6H,1-2H3,(H,14,15,16). The average molecular weight is 275 g/mol. The summed E-state index contributed by atoms with van der Waals surface area (Å²) >= 11 is 6.03. The summed E-state index contributed by atoms with van der Waals surface area (Å²) in [7, 11) is -4.36. The average Bonchev–Trinajstić information content (AvgIpc) is 2.57. The number of halogens is 1. The van der Waals surface area contributed by atoms with E-state index in [-0.39, 0.29) is 11.2 Å². The van der Waals surface area contributed by atoms with Gasteiger partial charge in [0.2, 0.25) is 0 Å². The highest BCUT2D eigenvalue weighted by molar-refractivity contribution is 7.85. The highest BCUT2D eigenvalue weighted by Crippen LogP contribution is 2.29. The lowest BCUT2D eigenvalue weighted by Crippen LogP contribution is -2.11. The lowest BCUT2D eigenvalue weighted by Gasteiger charge is -2.11. The quantitative estimate of drug-likeness (QED) is 0.854. The van der Waals surface area contributed by atoms with Gasteiger partial charge in [-0.05, 0) is 26.0 Å². The Labute approximate surface area is 104 Å². The number of rotatable bonds is 2. The number of para-hydroxylation sites is 1. The van der Waals surface area contributed by atoms with Crippen molar-refractivity contribution in [3.8, 4) is 0 Å². The molecule has 0 saturated heterocycles. The largest absolute Gasteiger partial charge is 0.328 e. The van der Waals surface area contributed by atoms with E-state index in [1.165, 1.54) is 4.57 Å². The molecule has 1 heterocycles. The summed E-state index contributed by atoms with van der Waals surface area (Å²) in [4.78, 5) is 3.91. The third kappa shape index (κ3) is 2.03. The molecule has 2 rings (SSSR count). The smallest absolute Gasteiger partial charge is 0.309 e. The minimum Gasteiger partial charge on any atom is -0.309 e. The zero-order chi connectivity index (χ0) is 12.8. The first-order valence-corrected chi connectivity index (χ1v) is 6.78. The van der Waals surface area contributed by atoms with E-state index in [0.29, 0.717) is 16.1 Å². The number of nitrogens with zero attached hydrogens (tertiary/aromatic N) is 2. The van der Waals surface area contributed by atoms with Crippen LogP contribution in [0.15, 0.2) is 23.4 Å². The number of imidazole rings is 1. The van der Waals surface area contributed by atoms with Gasteiger partial charge in [0.15, 0.2) is 0 Å². The Bertz CT molecular complexity index is 676. The summed E-state index contributed by atoms with van der Waals surface area (Å²) in [6.45, 7) is 3.58. The molecule has 0 saturated carbocycles. The highest BCUT2D eigenvalue weighted by Gasteiger charge is 2.23. The summed E-state index contributed by atoms with van der Waals surface area (Å²) in [5.74, 6) is 0. The normalized spacial score (nSPS) is 12.5. The maximum Gasteiger partial charge on any atom is 0.328 e. The van der Waals surface area contributed by atoms with Crippen LogP contribution in [0.5, 0.6) is 0 Å². The van der Waals surface area contributed by atoms with Crippen molar-refractivity contribution in [3.63, 3.8) is 0 Å². The number of aromatic nitrogens is 2. The molecule has 1 aromatic heterocycles. The molecule has 0 bridgehead atoms. The molecular weight excluding hydrogens is 264 g/mol. The van der Waals surface area contributed by atoms with E-state index in [4.69, 9.17) is 16.2 Å². The van der Waals surface area contributed by atoms with Crippen molar-refractivity contribution in [2.45, 2.75) is 25.0 Å². The highest BCUT2D eigenvalue weighted by atomic mass is 35.5. The molecule has 0 atom stereocenters. The van der Waals surface area contributed by atoms with E-state index in [1.807, 2.05) is 0 Å². The van der Waals surface area contributed by atoms with Crippen molar-refractivity contribution in [1.29, 1.82) is 0 Å². The Hall–Kier alpha value is -1.11. The second-order valence-corrected chi connectivity index (χ2v) is 5.66. The Morgan fingerprint density at radius 3 is 2.59 bits per heavy atom. The second-order valence-electron chi connectivity index (χ2n) is 3.94. The van der Waals surface area contributed by atoms with Gasteiger partial charge in [0.05, 0.1) is 16.1 Å². The topological polar surface area (TPSA) is 72.2 Å². The molecular formula is C10H11ClN2O3S. The molecule has 7 heteroatoms. The van der Waals surface area contributed by atoms with Gasteiger partial charge < -0.3 is 4.57 Å². The maximum absolute atomic E-state index is 11.3. The lowest BCUT2D eigenvalue weighted by atomic mass is 10.3. The van der Waals surface area contributed by atoms with Crippen LogP contribution in [-0.2, 0) is 10.1 Å². The molecule has 92 valence electrons. The van der Waals surface area contributed by atoms with Crippen LogP contribution in [0.3, 0.4) is 0 Å². The minimum atomic E-state index is -4.36. The molecule has 2 aromatic rings. The Kier molecular flexibility index (Phi) is 2.89. The third-order valence-electron chi connectivity index (χ3n) is 2.38.